The largest absolute Gasteiger partial charge is 0.363 e. The van der Waals surface area contributed by atoms with Gasteiger partial charge in [-0.2, -0.15) is 4.98 Å². The van der Waals surface area contributed by atoms with Crippen molar-refractivity contribution in [2.75, 3.05) is 42.7 Å². The van der Waals surface area contributed by atoms with E-state index < -0.39 is 10.0 Å². The van der Waals surface area contributed by atoms with Gasteiger partial charge in [0.2, 0.25) is 21.9 Å². The number of carbonyl (C=O) groups is 1. The molecule has 2 aromatic rings. The Balaban J connectivity index is 1.91. The third-order valence-corrected chi connectivity index (χ3v) is 4.96. The number of nitrogens with one attached hydrogen (secondary N) is 3. The number of amides is 1. The van der Waals surface area contributed by atoms with Crippen LogP contribution < -0.4 is 20.3 Å². The minimum atomic E-state index is -3.64. The van der Waals surface area contributed by atoms with Crippen LogP contribution >= 0.6 is 0 Å². The third kappa shape index (κ3) is 6.19. The highest BCUT2D eigenvalue weighted by atomic mass is 32.2. The van der Waals surface area contributed by atoms with E-state index in [1.54, 1.807) is 0 Å². The smallest absolute Gasteiger partial charge is 0.240 e. The van der Waals surface area contributed by atoms with Crippen molar-refractivity contribution in [1.29, 1.82) is 0 Å². The second kappa shape index (κ2) is 8.78. The van der Waals surface area contributed by atoms with Gasteiger partial charge in [0.1, 0.15) is 5.82 Å². The lowest BCUT2D eigenvalue weighted by Crippen LogP contribution is -2.29. The van der Waals surface area contributed by atoms with Gasteiger partial charge in [-0.3, -0.25) is 4.79 Å². The Bertz CT molecular complexity index is 897. The SMILES string of the molecule is CC(=O)Nc1ccc(S(=O)(=O)NCCNc2nc(C)cc(N(C)C)n2)cc1. The van der Waals surface area contributed by atoms with Gasteiger partial charge in [0.25, 0.3) is 0 Å². The van der Waals surface area contributed by atoms with E-state index in [2.05, 4.69) is 25.3 Å². The molecular formula is C17H24N6O3S. The van der Waals surface area contributed by atoms with E-state index in [1.165, 1.54) is 31.2 Å². The van der Waals surface area contributed by atoms with Crippen molar-refractivity contribution in [2.45, 2.75) is 18.7 Å². The maximum atomic E-state index is 12.3. The Kier molecular flexibility index (Phi) is 6.70. The number of hydrogen-bond acceptors (Lipinski definition) is 7. The average molecular weight is 392 g/mol. The zero-order valence-corrected chi connectivity index (χ0v) is 16.6. The first-order chi connectivity index (χ1) is 12.7. The van der Waals surface area contributed by atoms with Crippen LogP contribution in [-0.4, -0.2) is 51.5 Å². The fourth-order valence-corrected chi connectivity index (χ4v) is 3.26. The molecule has 1 amide bonds. The first kappa shape index (κ1) is 20.6. The number of sulfonamides is 1. The van der Waals surface area contributed by atoms with Crippen LogP contribution in [0.3, 0.4) is 0 Å². The molecule has 2 rings (SSSR count). The zero-order valence-electron chi connectivity index (χ0n) is 15.8. The number of benzene rings is 1. The van der Waals surface area contributed by atoms with Crippen molar-refractivity contribution in [3.63, 3.8) is 0 Å². The number of hydrogen-bond donors (Lipinski definition) is 3. The predicted molar refractivity (Wildman–Crippen MR) is 106 cm³/mol. The standard InChI is InChI=1S/C17H24N6O3S/c1-12-11-16(23(3)4)22-17(20-12)18-9-10-19-27(25,26)15-7-5-14(6-8-15)21-13(2)24/h5-8,11,19H,9-10H2,1-4H3,(H,21,24)(H,18,20,22). The van der Waals surface area contributed by atoms with Crippen LogP contribution in [0.4, 0.5) is 17.5 Å². The van der Waals surface area contributed by atoms with Crippen molar-refractivity contribution in [2.24, 2.45) is 0 Å². The Morgan fingerprint density at radius 3 is 2.37 bits per heavy atom. The predicted octanol–water partition coefficient (Wildman–Crippen LogP) is 1.20. The highest BCUT2D eigenvalue weighted by Crippen LogP contribution is 2.14. The monoisotopic (exact) mass is 392 g/mol. The topological polar surface area (TPSA) is 116 Å². The third-order valence-electron chi connectivity index (χ3n) is 3.48. The zero-order chi connectivity index (χ0) is 20.0. The Labute approximate surface area is 159 Å². The molecule has 1 aromatic heterocycles. The number of aryl methyl sites for hydroxylation is 1. The van der Waals surface area contributed by atoms with Gasteiger partial charge in [-0.25, -0.2) is 18.1 Å². The van der Waals surface area contributed by atoms with Crippen LogP contribution in [-0.2, 0) is 14.8 Å². The molecule has 9 nitrogen and oxygen atoms in total. The lowest BCUT2D eigenvalue weighted by Gasteiger charge is -2.14. The van der Waals surface area contributed by atoms with E-state index in [0.29, 0.717) is 18.2 Å². The highest BCUT2D eigenvalue weighted by Gasteiger charge is 2.13. The van der Waals surface area contributed by atoms with Gasteiger partial charge in [0.15, 0.2) is 0 Å². The van der Waals surface area contributed by atoms with Crippen LogP contribution in [0.15, 0.2) is 35.2 Å². The number of nitrogens with zero attached hydrogens (tertiary/aromatic N) is 3. The maximum Gasteiger partial charge on any atom is 0.240 e. The molecule has 0 aliphatic heterocycles. The number of anilines is 3. The second-order valence-corrected chi connectivity index (χ2v) is 7.88. The molecule has 146 valence electrons. The molecule has 3 N–H and O–H groups in total. The number of rotatable bonds is 8. The van der Waals surface area contributed by atoms with Gasteiger partial charge in [-0.05, 0) is 31.2 Å². The highest BCUT2D eigenvalue weighted by molar-refractivity contribution is 7.89. The Morgan fingerprint density at radius 2 is 1.78 bits per heavy atom. The van der Waals surface area contributed by atoms with E-state index in [9.17, 15) is 13.2 Å². The van der Waals surface area contributed by atoms with Crippen molar-refractivity contribution in [3.8, 4) is 0 Å². The lowest BCUT2D eigenvalue weighted by atomic mass is 10.3. The number of aromatic nitrogens is 2. The summed E-state index contributed by atoms with van der Waals surface area (Å²) < 4.78 is 27.1. The van der Waals surface area contributed by atoms with E-state index in [1.807, 2.05) is 32.0 Å². The average Bonchev–Trinajstić information content (AvgIpc) is 2.58. The summed E-state index contributed by atoms with van der Waals surface area (Å²) in [6.45, 7) is 3.76. The minimum absolute atomic E-state index is 0.123. The molecule has 0 fully saturated rings. The van der Waals surface area contributed by atoms with Crippen LogP contribution in [0.25, 0.3) is 0 Å². The molecule has 27 heavy (non-hydrogen) atoms. The van der Waals surface area contributed by atoms with Crippen LogP contribution in [0, 0.1) is 6.92 Å². The first-order valence-electron chi connectivity index (χ1n) is 8.31. The van der Waals surface area contributed by atoms with E-state index in [4.69, 9.17) is 0 Å². The molecule has 0 spiro atoms. The molecule has 10 heteroatoms. The molecule has 0 saturated carbocycles. The summed E-state index contributed by atoms with van der Waals surface area (Å²) in [4.78, 5) is 21.6. The van der Waals surface area contributed by atoms with Gasteiger partial charge < -0.3 is 15.5 Å². The molecule has 0 atom stereocenters. The molecule has 1 aromatic carbocycles. The van der Waals surface area contributed by atoms with Gasteiger partial charge >= 0.3 is 0 Å². The van der Waals surface area contributed by atoms with Crippen LogP contribution in [0.5, 0.6) is 0 Å². The molecule has 1 heterocycles. The van der Waals surface area contributed by atoms with Crippen molar-refractivity contribution in [1.82, 2.24) is 14.7 Å². The first-order valence-corrected chi connectivity index (χ1v) is 9.80. The van der Waals surface area contributed by atoms with Crippen LogP contribution in [0.1, 0.15) is 12.6 Å². The van der Waals surface area contributed by atoms with Crippen molar-refractivity contribution < 1.29 is 13.2 Å². The molecular weight excluding hydrogens is 368 g/mol. The molecule has 0 unspecified atom stereocenters. The molecule has 0 radical (unpaired) electrons. The summed E-state index contributed by atoms with van der Waals surface area (Å²) in [5, 5.41) is 5.60. The summed E-state index contributed by atoms with van der Waals surface area (Å²) >= 11 is 0. The maximum absolute atomic E-state index is 12.3. The van der Waals surface area contributed by atoms with Gasteiger partial charge in [0, 0.05) is 51.6 Å². The molecule has 0 aliphatic carbocycles. The molecule has 0 saturated heterocycles. The van der Waals surface area contributed by atoms with Gasteiger partial charge in [-0.15, -0.1) is 0 Å². The summed E-state index contributed by atoms with van der Waals surface area (Å²) in [6.07, 6.45) is 0. The minimum Gasteiger partial charge on any atom is -0.363 e. The van der Waals surface area contributed by atoms with E-state index >= 15 is 0 Å². The fraction of sp³-hybridized carbons (Fsp3) is 0.353. The van der Waals surface area contributed by atoms with Crippen molar-refractivity contribution >= 4 is 33.4 Å². The normalized spacial score (nSPS) is 11.1. The molecule has 0 aliphatic rings. The lowest BCUT2D eigenvalue weighted by molar-refractivity contribution is -0.114. The fourth-order valence-electron chi connectivity index (χ4n) is 2.22. The van der Waals surface area contributed by atoms with Gasteiger partial charge in [0.05, 0.1) is 4.90 Å². The van der Waals surface area contributed by atoms with Gasteiger partial charge in [-0.1, -0.05) is 0 Å². The Morgan fingerprint density at radius 1 is 1.11 bits per heavy atom. The molecule has 0 bridgehead atoms. The summed E-state index contributed by atoms with van der Waals surface area (Å²) in [5.74, 6) is 0.994. The summed E-state index contributed by atoms with van der Waals surface area (Å²) in [6, 6.07) is 7.82. The second-order valence-electron chi connectivity index (χ2n) is 6.12. The summed E-state index contributed by atoms with van der Waals surface area (Å²) in [5.41, 5.74) is 1.35. The number of carbonyl (C=O) groups excluding carboxylic acids is 1. The van der Waals surface area contributed by atoms with Crippen LogP contribution in [0.2, 0.25) is 0 Å². The van der Waals surface area contributed by atoms with Crippen molar-refractivity contribution in [3.05, 3.63) is 36.0 Å². The quantitative estimate of drug-likeness (QED) is 0.578. The van der Waals surface area contributed by atoms with E-state index in [0.717, 1.165) is 11.5 Å². The summed E-state index contributed by atoms with van der Waals surface area (Å²) in [7, 11) is 0.130. The van der Waals surface area contributed by atoms with E-state index in [-0.39, 0.29) is 17.3 Å². The Hall–Kier alpha value is -2.72.